The van der Waals surface area contributed by atoms with Crippen LogP contribution < -0.4 is 11.1 Å². The van der Waals surface area contributed by atoms with Gasteiger partial charge in [0.15, 0.2) is 0 Å². The number of hydrogen-bond acceptors (Lipinski definition) is 5. The molecule has 34 heavy (non-hydrogen) atoms. The molecular weight excluding hydrogens is 432 g/mol. The van der Waals surface area contributed by atoms with E-state index in [1.807, 2.05) is 29.8 Å². The van der Waals surface area contributed by atoms with Gasteiger partial charge in [0.05, 0.1) is 24.0 Å². The summed E-state index contributed by atoms with van der Waals surface area (Å²) < 4.78 is 1.99. The number of nitrogens with zero attached hydrogens (tertiary/aromatic N) is 3. The minimum atomic E-state index is -0.899. The fourth-order valence-electron chi connectivity index (χ4n) is 4.54. The maximum atomic E-state index is 13.3. The molecular formula is C25H30N6O3. The molecule has 1 fully saturated rings. The summed E-state index contributed by atoms with van der Waals surface area (Å²) in [6, 6.07) is 12.9. The van der Waals surface area contributed by atoms with E-state index in [-0.39, 0.29) is 30.8 Å². The third-order valence-corrected chi connectivity index (χ3v) is 6.46. The molecule has 0 unspecified atom stereocenters. The summed E-state index contributed by atoms with van der Waals surface area (Å²) in [4.78, 5) is 30.9. The first-order chi connectivity index (χ1) is 16.3. The number of anilines is 1. The quantitative estimate of drug-likeness (QED) is 0.284. The number of aromatic nitrogens is 2. The Kier molecular flexibility index (Phi) is 6.81. The minimum Gasteiger partial charge on any atom is -0.481 e. The highest BCUT2D eigenvalue weighted by Gasteiger charge is 2.28. The number of rotatable bonds is 9. The second-order valence-corrected chi connectivity index (χ2v) is 8.72. The van der Waals surface area contributed by atoms with Crippen molar-refractivity contribution < 1.29 is 14.7 Å². The Morgan fingerprint density at radius 3 is 2.50 bits per heavy atom. The Hall–Kier alpha value is -3.88. The standard InChI is InChI=1S/C25H30N6O3/c1-30-21-11-8-17(25(34)31(13-12-23(32)33)19-4-2-3-5-19)14-20(21)29-22(30)15-28-18-9-6-16(7-10-18)24(26)27/h6-11,14,19,28H,2-5,12-13,15H2,1H3,(H3,26,27)(H,32,33). The zero-order valence-corrected chi connectivity index (χ0v) is 19.3. The number of carbonyl (C=O) groups is 2. The summed E-state index contributed by atoms with van der Waals surface area (Å²) in [5.41, 5.74) is 9.23. The molecule has 0 atom stereocenters. The summed E-state index contributed by atoms with van der Waals surface area (Å²) in [7, 11) is 1.93. The lowest BCUT2D eigenvalue weighted by Gasteiger charge is -2.28. The number of nitrogens with two attached hydrogens (primary N) is 1. The molecule has 9 nitrogen and oxygen atoms in total. The number of imidazole rings is 1. The van der Waals surface area contributed by atoms with Gasteiger partial charge in [0, 0.05) is 36.4 Å². The predicted molar refractivity (Wildman–Crippen MR) is 131 cm³/mol. The normalized spacial score (nSPS) is 13.8. The highest BCUT2D eigenvalue weighted by Crippen LogP contribution is 2.26. The monoisotopic (exact) mass is 462 g/mol. The van der Waals surface area contributed by atoms with Crippen LogP contribution >= 0.6 is 0 Å². The van der Waals surface area contributed by atoms with Crippen molar-refractivity contribution in [3.8, 4) is 0 Å². The first-order valence-electron chi connectivity index (χ1n) is 11.5. The zero-order chi connectivity index (χ0) is 24.2. The third-order valence-electron chi connectivity index (χ3n) is 6.46. The number of carboxylic acids is 1. The molecule has 178 valence electrons. The number of amides is 1. The van der Waals surface area contributed by atoms with Crippen LogP contribution in [0.3, 0.4) is 0 Å². The van der Waals surface area contributed by atoms with Crippen LogP contribution in [0.25, 0.3) is 11.0 Å². The van der Waals surface area contributed by atoms with Crippen molar-refractivity contribution in [2.45, 2.75) is 44.7 Å². The van der Waals surface area contributed by atoms with Crippen LogP contribution in [0.5, 0.6) is 0 Å². The van der Waals surface area contributed by atoms with E-state index >= 15 is 0 Å². The van der Waals surface area contributed by atoms with Crippen molar-refractivity contribution >= 4 is 34.4 Å². The second-order valence-electron chi connectivity index (χ2n) is 8.72. The van der Waals surface area contributed by atoms with Crippen LogP contribution in [0.4, 0.5) is 5.69 Å². The molecule has 1 aliphatic carbocycles. The van der Waals surface area contributed by atoms with Gasteiger partial charge in [-0.1, -0.05) is 12.8 Å². The van der Waals surface area contributed by atoms with E-state index in [0.717, 1.165) is 48.2 Å². The maximum Gasteiger partial charge on any atom is 0.305 e. The Labute approximate surface area is 198 Å². The zero-order valence-electron chi connectivity index (χ0n) is 19.3. The Bertz CT molecular complexity index is 1210. The van der Waals surface area contributed by atoms with Gasteiger partial charge < -0.3 is 25.6 Å². The van der Waals surface area contributed by atoms with Crippen LogP contribution in [-0.4, -0.2) is 49.9 Å². The Balaban J connectivity index is 1.52. The Morgan fingerprint density at radius 2 is 1.85 bits per heavy atom. The van der Waals surface area contributed by atoms with E-state index in [1.165, 1.54) is 0 Å². The fraction of sp³-hybridized carbons (Fsp3) is 0.360. The largest absolute Gasteiger partial charge is 0.481 e. The number of nitrogens with one attached hydrogen (secondary N) is 2. The highest BCUT2D eigenvalue weighted by atomic mass is 16.4. The van der Waals surface area contributed by atoms with Gasteiger partial charge in [-0.25, -0.2) is 4.98 Å². The number of amidine groups is 1. The highest BCUT2D eigenvalue weighted by molar-refractivity contribution is 5.98. The lowest BCUT2D eigenvalue weighted by molar-refractivity contribution is -0.137. The summed E-state index contributed by atoms with van der Waals surface area (Å²) >= 11 is 0. The van der Waals surface area contributed by atoms with Gasteiger partial charge in [-0.15, -0.1) is 0 Å². The van der Waals surface area contributed by atoms with Gasteiger partial charge in [-0.05, 0) is 55.3 Å². The molecule has 0 spiro atoms. The van der Waals surface area contributed by atoms with E-state index in [1.54, 1.807) is 29.2 Å². The molecule has 1 heterocycles. The number of carbonyl (C=O) groups excluding carboxylic acids is 1. The van der Waals surface area contributed by atoms with Gasteiger partial charge >= 0.3 is 5.97 Å². The number of aryl methyl sites for hydroxylation is 1. The van der Waals surface area contributed by atoms with Gasteiger partial charge in [-0.2, -0.15) is 0 Å². The predicted octanol–water partition coefficient (Wildman–Crippen LogP) is 3.33. The molecule has 9 heteroatoms. The van der Waals surface area contributed by atoms with Gasteiger partial charge in [0.25, 0.3) is 5.91 Å². The molecule has 5 N–H and O–H groups in total. The second kappa shape index (κ2) is 9.94. The molecule has 2 aromatic carbocycles. The van der Waals surface area contributed by atoms with Gasteiger partial charge in [0.1, 0.15) is 11.7 Å². The topological polar surface area (TPSA) is 137 Å². The summed E-state index contributed by atoms with van der Waals surface area (Å²) in [6.45, 7) is 0.706. The van der Waals surface area contributed by atoms with Crippen molar-refractivity contribution in [3.05, 3.63) is 59.4 Å². The fourth-order valence-corrected chi connectivity index (χ4v) is 4.54. The number of aliphatic carboxylic acids is 1. The number of nitrogen functional groups attached to an aromatic ring is 1. The number of hydrogen-bond donors (Lipinski definition) is 4. The van der Waals surface area contributed by atoms with Crippen LogP contribution in [-0.2, 0) is 18.4 Å². The number of fused-ring (bicyclic) bond motifs is 1. The molecule has 1 aromatic heterocycles. The lowest BCUT2D eigenvalue weighted by atomic mass is 10.1. The van der Waals surface area contributed by atoms with Gasteiger partial charge in [0.2, 0.25) is 0 Å². The summed E-state index contributed by atoms with van der Waals surface area (Å²) in [5.74, 6) is -0.189. The molecule has 0 bridgehead atoms. The van der Waals surface area contributed by atoms with Crippen molar-refractivity contribution in [3.63, 3.8) is 0 Å². The number of carboxylic acid groups (broad SMARTS) is 1. The first-order valence-corrected chi connectivity index (χ1v) is 11.5. The molecule has 1 amide bonds. The summed E-state index contributed by atoms with van der Waals surface area (Å²) in [6.07, 6.45) is 3.90. The van der Waals surface area contributed by atoms with Crippen LogP contribution in [0.2, 0.25) is 0 Å². The molecule has 1 saturated carbocycles. The third kappa shape index (κ3) is 5.03. The molecule has 4 rings (SSSR count). The summed E-state index contributed by atoms with van der Waals surface area (Å²) in [5, 5.41) is 19.9. The van der Waals surface area contributed by atoms with E-state index < -0.39 is 5.97 Å². The van der Waals surface area contributed by atoms with Crippen molar-refractivity contribution in [2.75, 3.05) is 11.9 Å². The minimum absolute atomic E-state index is 0.0294. The maximum absolute atomic E-state index is 13.3. The van der Waals surface area contributed by atoms with Crippen LogP contribution in [0.1, 0.15) is 53.8 Å². The Morgan fingerprint density at radius 1 is 1.18 bits per heavy atom. The van der Waals surface area contributed by atoms with E-state index in [0.29, 0.717) is 17.7 Å². The lowest BCUT2D eigenvalue weighted by Crippen LogP contribution is -2.40. The first kappa shape index (κ1) is 23.3. The molecule has 0 aliphatic heterocycles. The molecule has 0 radical (unpaired) electrons. The smallest absolute Gasteiger partial charge is 0.305 e. The van der Waals surface area contributed by atoms with Crippen LogP contribution in [0.15, 0.2) is 42.5 Å². The molecule has 0 saturated heterocycles. The number of benzene rings is 2. The van der Waals surface area contributed by atoms with Crippen molar-refractivity contribution in [2.24, 2.45) is 12.8 Å². The van der Waals surface area contributed by atoms with E-state index in [4.69, 9.17) is 21.2 Å². The molecule has 1 aliphatic rings. The van der Waals surface area contributed by atoms with Gasteiger partial charge in [-0.3, -0.25) is 15.0 Å². The van der Waals surface area contributed by atoms with Crippen LogP contribution in [0, 0.1) is 5.41 Å². The van der Waals surface area contributed by atoms with E-state index in [2.05, 4.69) is 5.32 Å². The molecule has 3 aromatic rings. The average Bonchev–Trinajstić information content (AvgIpc) is 3.46. The van der Waals surface area contributed by atoms with E-state index in [9.17, 15) is 9.59 Å². The van der Waals surface area contributed by atoms with Crippen molar-refractivity contribution in [1.29, 1.82) is 5.41 Å². The van der Waals surface area contributed by atoms with Crippen molar-refractivity contribution in [1.82, 2.24) is 14.5 Å². The average molecular weight is 463 g/mol. The SMILES string of the molecule is Cn1c(CNc2ccc(C(=N)N)cc2)nc2cc(C(=O)N(CCC(=O)O)C3CCCC3)ccc21.